The first kappa shape index (κ1) is 20.1. The van der Waals surface area contributed by atoms with Crippen LogP contribution in [-0.2, 0) is 6.54 Å². The fourth-order valence-corrected chi connectivity index (χ4v) is 4.15. The normalized spacial score (nSPS) is 10.3. The van der Waals surface area contributed by atoms with Crippen LogP contribution in [0.5, 0.6) is 5.75 Å². The number of thiazole rings is 1. The third-order valence-corrected chi connectivity index (χ3v) is 5.43. The van der Waals surface area contributed by atoms with E-state index in [0.717, 1.165) is 34.4 Å². The highest BCUT2D eigenvalue weighted by atomic mass is 79.9. The summed E-state index contributed by atoms with van der Waals surface area (Å²) in [6.07, 6.45) is 1.92. The SMILES string of the molecule is C=CC[n+]1c(-c2ccc(OC)cc2)csc1Nc1cccc2ccccc12.[Br-]. The van der Waals surface area contributed by atoms with Crippen LogP contribution in [0.1, 0.15) is 0 Å². The lowest BCUT2D eigenvalue weighted by atomic mass is 10.1. The second kappa shape index (κ2) is 9.04. The van der Waals surface area contributed by atoms with Crippen LogP contribution >= 0.6 is 11.3 Å². The number of anilines is 2. The number of rotatable bonds is 6. The van der Waals surface area contributed by atoms with Crippen molar-refractivity contribution in [2.24, 2.45) is 0 Å². The van der Waals surface area contributed by atoms with Crippen LogP contribution in [-0.4, -0.2) is 7.11 Å². The lowest BCUT2D eigenvalue weighted by molar-refractivity contribution is -0.657. The average Bonchev–Trinajstić information content (AvgIpc) is 3.11. The molecule has 0 aliphatic carbocycles. The fourth-order valence-electron chi connectivity index (χ4n) is 3.19. The van der Waals surface area contributed by atoms with Gasteiger partial charge in [0, 0.05) is 16.3 Å². The van der Waals surface area contributed by atoms with Crippen LogP contribution in [0.15, 0.2) is 84.8 Å². The van der Waals surface area contributed by atoms with Gasteiger partial charge < -0.3 is 21.7 Å². The number of hydrogen-bond donors (Lipinski definition) is 1. The summed E-state index contributed by atoms with van der Waals surface area (Å²) in [5.74, 6) is 0.860. The topological polar surface area (TPSA) is 25.1 Å². The highest BCUT2D eigenvalue weighted by Gasteiger charge is 2.19. The lowest BCUT2D eigenvalue weighted by Crippen LogP contribution is -3.00. The Morgan fingerprint density at radius 1 is 1.04 bits per heavy atom. The van der Waals surface area contributed by atoms with Gasteiger partial charge in [-0.1, -0.05) is 60.4 Å². The summed E-state index contributed by atoms with van der Waals surface area (Å²) < 4.78 is 7.53. The van der Waals surface area contributed by atoms with Crippen molar-refractivity contribution in [3.63, 3.8) is 0 Å². The number of nitrogens with one attached hydrogen (secondary N) is 1. The van der Waals surface area contributed by atoms with Crippen LogP contribution in [0.25, 0.3) is 22.0 Å². The maximum atomic E-state index is 5.28. The van der Waals surface area contributed by atoms with E-state index in [4.69, 9.17) is 4.74 Å². The van der Waals surface area contributed by atoms with Gasteiger partial charge in [0.05, 0.1) is 7.11 Å². The molecule has 0 unspecified atom stereocenters. The van der Waals surface area contributed by atoms with E-state index in [1.807, 2.05) is 18.2 Å². The summed E-state index contributed by atoms with van der Waals surface area (Å²) in [7, 11) is 1.68. The number of aromatic nitrogens is 1. The molecular weight excluding hydrogens is 432 g/mol. The summed E-state index contributed by atoms with van der Waals surface area (Å²) >= 11 is 1.70. The molecule has 0 aliphatic heterocycles. The molecule has 0 radical (unpaired) electrons. The molecule has 5 heteroatoms. The Kier molecular flexibility index (Phi) is 6.49. The Bertz CT molecular complexity index is 1080. The Balaban J connectivity index is 0.00000225. The lowest BCUT2D eigenvalue weighted by Gasteiger charge is -2.07. The van der Waals surface area contributed by atoms with Gasteiger partial charge in [0.1, 0.15) is 23.7 Å². The summed E-state index contributed by atoms with van der Waals surface area (Å²) in [4.78, 5) is 0. The van der Waals surface area contributed by atoms with Crippen LogP contribution in [0, 0.1) is 0 Å². The number of allylic oxidation sites excluding steroid dienone is 1. The van der Waals surface area contributed by atoms with Gasteiger partial charge >= 0.3 is 5.13 Å². The average molecular weight is 453 g/mol. The monoisotopic (exact) mass is 452 g/mol. The summed E-state index contributed by atoms with van der Waals surface area (Å²) in [5.41, 5.74) is 3.42. The van der Waals surface area contributed by atoms with Gasteiger partial charge in [0.2, 0.25) is 0 Å². The molecule has 0 saturated carbocycles. The first-order valence-electron chi connectivity index (χ1n) is 8.81. The van der Waals surface area contributed by atoms with Crippen molar-refractivity contribution in [3.8, 4) is 17.0 Å². The smallest absolute Gasteiger partial charge is 0.339 e. The first-order chi connectivity index (χ1) is 13.3. The minimum absolute atomic E-state index is 0. The molecule has 3 nitrogen and oxygen atoms in total. The summed E-state index contributed by atoms with van der Waals surface area (Å²) in [6, 6.07) is 22.9. The molecule has 0 saturated heterocycles. The Morgan fingerprint density at radius 2 is 1.79 bits per heavy atom. The molecule has 0 spiro atoms. The zero-order chi connectivity index (χ0) is 18.6. The molecule has 1 heterocycles. The van der Waals surface area contributed by atoms with E-state index in [1.165, 1.54) is 10.8 Å². The van der Waals surface area contributed by atoms with Gasteiger partial charge in [-0.05, 0) is 35.7 Å². The fraction of sp³-hybridized carbons (Fsp3) is 0.0870. The number of methoxy groups -OCH3 is 1. The quantitative estimate of drug-likeness (QED) is 0.359. The molecule has 4 aromatic rings. The van der Waals surface area contributed by atoms with E-state index < -0.39 is 0 Å². The van der Waals surface area contributed by atoms with Crippen molar-refractivity contribution < 1.29 is 26.3 Å². The molecule has 0 fully saturated rings. The van der Waals surface area contributed by atoms with Gasteiger partial charge in [0.25, 0.3) is 0 Å². The highest BCUT2D eigenvalue weighted by molar-refractivity contribution is 7.13. The molecule has 1 aromatic heterocycles. The van der Waals surface area contributed by atoms with Gasteiger partial charge in [-0.2, -0.15) is 0 Å². The predicted molar refractivity (Wildman–Crippen MR) is 114 cm³/mol. The predicted octanol–water partition coefficient (Wildman–Crippen LogP) is 2.80. The van der Waals surface area contributed by atoms with Gasteiger partial charge in [-0.25, -0.2) is 9.88 Å². The number of ether oxygens (including phenoxy) is 1. The van der Waals surface area contributed by atoms with E-state index in [1.54, 1.807) is 18.4 Å². The maximum absolute atomic E-state index is 5.28. The van der Waals surface area contributed by atoms with Crippen LogP contribution in [0.3, 0.4) is 0 Å². The van der Waals surface area contributed by atoms with Crippen molar-refractivity contribution in [1.29, 1.82) is 0 Å². The number of hydrogen-bond acceptors (Lipinski definition) is 3. The number of fused-ring (bicyclic) bond motifs is 1. The summed E-state index contributed by atoms with van der Waals surface area (Å²) in [5, 5.41) is 9.32. The number of benzene rings is 3. The minimum atomic E-state index is 0. The van der Waals surface area contributed by atoms with Crippen molar-refractivity contribution in [1.82, 2.24) is 0 Å². The molecule has 3 aromatic carbocycles. The van der Waals surface area contributed by atoms with E-state index in [9.17, 15) is 0 Å². The molecule has 28 heavy (non-hydrogen) atoms. The van der Waals surface area contributed by atoms with Crippen molar-refractivity contribution in [2.45, 2.75) is 6.54 Å². The molecule has 0 atom stereocenters. The maximum Gasteiger partial charge on any atom is 0.339 e. The van der Waals surface area contributed by atoms with Crippen molar-refractivity contribution in [2.75, 3.05) is 12.4 Å². The Morgan fingerprint density at radius 3 is 2.54 bits per heavy atom. The molecule has 1 N–H and O–H groups in total. The van der Waals surface area contributed by atoms with Gasteiger partial charge in [-0.3, -0.25) is 0 Å². The van der Waals surface area contributed by atoms with E-state index in [0.29, 0.717) is 0 Å². The molecule has 0 bridgehead atoms. The van der Waals surface area contributed by atoms with Crippen LogP contribution < -0.4 is 31.6 Å². The van der Waals surface area contributed by atoms with Crippen LogP contribution in [0.4, 0.5) is 10.8 Å². The largest absolute Gasteiger partial charge is 1.00 e. The van der Waals surface area contributed by atoms with E-state index in [-0.39, 0.29) is 17.0 Å². The minimum Gasteiger partial charge on any atom is -1.00 e. The van der Waals surface area contributed by atoms with Gasteiger partial charge in [-0.15, -0.1) is 0 Å². The second-order valence-electron chi connectivity index (χ2n) is 6.21. The van der Waals surface area contributed by atoms with Crippen molar-refractivity contribution in [3.05, 3.63) is 84.8 Å². The van der Waals surface area contributed by atoms with Crippen molar-refractivity contribution >= 4 is 32.9 Å². The number of nitrogens with zero attached hydrogens (tertiary/aromatic N) is 1. The summed E-state index contributed by atoms with van der Waals surface area (Å²) in [6.45, 7) is 4.67. The number of halogens is 1. The Labute approximate surface area is 179 Å². The van der Waals surface area contributed by atoms with Crippen LogP contribution in [0.2, 0.25) is 0 Å². The molecule has 142 valence electrons. The molecule has 0 amide bonds. The molecular formula is C23H21BrN2OS. The first-order valence-corrected chi connectivity index (χ1v) is 9.69. The highest BCUT2D eigenvalue weighted by Crippen LogP contribution is 2.30. The van der Waals surface area contributed by atoms with E-state index >= 15 is 0 Å². The molecule has 4 rings (SSSR count). The standard InChI is InChI=1S/C23H20N2OS.BrH/c1-3-15-25-22(18-11-13-19(26-2)14-12-18)16-27-23(25)24-21-10-6-8-17-7-4-5-9-20(17)21;/h3-14,16H,1,15H2,2H3;1H. The van der Waals surface area contributed by atoms with Gasteiger partial charge in [0.15, 0.2) is 0 Å². The zero-order valence-electron chi connectivity index (χ0n) is 15.6. The molecule has 0 aliphatic rings. The Hall–Kier alpha value is -2.63. The third-order valence-electron chi connectivity index (χ3n) is 4.55. The second-order valence-corrected chi connectivity index (χ2v) is 7.06. The van der Waals surface area contributed by atoms with E-state index in [2.05, 4.69) is 76.4 Å². The zero-order valence-corrected chi connectivity index (χ0v) is 18.0. The third kappa shape index (κ3) is 3.96.